The SMILES string of the molecule is C[N+](C)(C)[C@@H](Cc1cnc(SCC(=O)c2ccccc2)[nH]1)C(=O)O.[Br-]. The first-order chi connectivity index (χ1) is 11.3. The van der Waals surface area contributed by atoms with Crippen molar-refractivity contribution >= 4 is 23.5 Å². The third kappa shape index (κ3) is 6.30. The maximum Gasteiger partial charge on any atom is 0.362 e. The molecule has 0 aliphatic rings. The largest absolute Gasteiger partial charge is 1.00 e. The Balaban J connectivity index is 0.00000312. The summed E-state index contributed by atoms with van der Waals surface area (Å²) >= 11 is 1.32. The number of nitrogens with one attached hydrogen (secondary N) is 1. The molecule has 6 nitrogen and oxygen atoms in total. The number of likely N-dealkylation sites (N-methyl/N-ethyl adjacent to an activating group) is 1. The maximum absolute atomic E-state index is 12.1. The summed E-state index contributed by atoms with van der Waals surface area (Å²) in [7, 11) is 5.55. The second-order valence-corrected chi connectivity index (χ2v) is 7.43. The molecule has 8 heteroatoms. The van der Waals surface area contributed by atoms with E-state index in [0.717, 1.165) is 5.69 Å². The second-order valence-electron chi connectivity index (χ2n) is 6.47. The fourth-order valence-electron chi connectivity index (χ4n) is 2.26. The van der Waals surface area contributed by atoms with Crippen molar-refractivity contribution < 1.29 is 36.2 Å². The Labute approximate surface area is 162 Å². The maximum atomic E-state index is 12.1. The lowest BCUT2D eigenvalue weighted by molar-refractivity contribution is -0.887. The topological polar surface area (TPSA) is 83.0 Å². The second kappa shape index (κ2) is 9.17. The van der Waals surface area contributed by atoms with Gasteiger partial charge in [-0.1, -0.05) is 42.1 Å². The molecule has 0 saturated heterocycles. The molecule has 0 saturated carbocycles. The first-order valence-corrected chi connectivity index (χ1v) is 8.55. The number of aromatic amines is 1. The molecule has 0 fully saturated rings. The number of carbonyl (C=O) groups is 2. The van der Waals surface area contributed by atoms with Crippen molar-refractivity contribution in [3.8, 4) is 0 Å². The number of benzene rings is 1. The van der Waals surface area contributed by atoms with Gasteiger partial charge in [0, 0.05) is 17.5 Å². The molecule has 0 amide bonds. The molecule has 1 atom stereocenters. The van der Waals surface area contributed by atoms with E-state index in [1.54, 1.807) is 18.3 Å². The quantitative estimate of drug-likeness (QED) is 0.323. The summed E-state index contributed by atoms with van der Waals surface area (Å²) in [6, 6.07) is 8.55. The molecule has 2 rings (SSSR count). The molecule has 0 bridgehead atoms. The fourth-order valence-corrected chi connectivity index (χ4v) is 3.02. The predicted molar refractivity (Wildman–Crippen MR) is 93.2 cm³/mol. The summed E-state index contributed by atoms with van der Waals surface area (Å²) in [6.45, 7) is 0. The number of nitrogens with zero attached hydrogens (tertiary/aromatic N) is 2. The van der Waals surface area contributed by atoms with Gasteiger partial charge in [-0.15, -0.1) is 0 Å². The molecule has 0 spiro atoms. The van der Waals surface area contributed by atoms with Crippen molar-refractivity contribution in [1.82, 2.24) is 9.97 Å². The van der Waals surface area contributed by atoms with Crippen LogP contribution in [0.3, 0.4) is 0 Å². The van der Waals surface area contributed by atoms with Gasteiger partial charge in [-0.2, -0.15) is 0 Å². The van der Waals surface area contributed by atoms with Crippen molar-refractivity contribution in [2.75, 3.05) is 26.9 Å². The van der Waals surface area contributed by atoms with Crippen LogP contribution in [0.2, 0.25) is 0 Å². The Morgan fingerprint density at radius 2 is 1.88 bits per heavy atom. The number of hydrogen-bond donors (Lipinski definition) is 2. The Kier molecular flexibility index (Phi) is 7.85. The minimum absolute atomic E-state index is 0. The standard InChI is InChI=1S/C17H21N3O3S.BrH/c1-20(2,3)14(16(22)23)9-13-10-18-17(19-13)24-11-15(21)12-7-5-4-6-8-12;/h4-8,10,14H,9,11H2,1-3H3,(H-,18,19,22,23);1H/t14-;/m0./s1. The summed E-state index contributed by atoms with van der Waals surface area (Å²) in [5, 5.41) is 10.0. The molecule has 2 aromatic rings. The van der Waals surface area contributed by atoms with Crippen molar-refractivity contribution in [2.24, 2.45) is 0 Å². The van der Waals surface area contributed by atoms with Crippen LogP contribution in [-0.2, 0) is 11.2 Å². The van der Waals surface area contributed by atoms with Gasteiger partial charge in [0.15, 0.2) is 17.0 Å². The Morgan fingerprint density at radius 1 is 1.24 bits per heavy atom. The van der Waals surface area contributed by atoms with Gasteiger partial charge in [-0.3, -0.25) is 4.79 Å². The van der Waals surface area contributed by atoms with E-state index in [0.29, 0.717) is 21.6 Å². The number of aliphatic carboxylic acids is 1. The average molecular weight is 428 g/mol. The van der Waals surface area contributed by atoms with Gasteiger partial charge in [-0.05, 0) is 0 Å². The van der Waals surface area contributed by atoms with Gasteiger partial charge >= 0.3 is 5.97 Å². The van der Waals surface area contributed by atoms with Gasteiger partial charge < -0.3 is 31.6 Å². The molecular formula is C17H22BrN3O3S. The number of carboxylic acids is 1. The zero-order valence-corrected chi connectivity index (χ0v) is 16.8. The van der Waals surface area contributed by atoms with Gasteiger partial charge in [0.25, 0.3) is 0 Å². The monoisotopic (exact) mass is 427 g/mol. The van der Waals surface area contributed by atoms with Crippen molar-refractivity contribution in [3.05, 3.63) is 47.8 Å². The molecule has 0 radical (unpaired) electrons. The number of rotatable bonds is 8. The van der Waals surface area contributed by atoms with Crippen LogP contribution in [0, 0.1) is 0 Å². The highest BCUT2D eigenvalue weighted by Crippen LogP contribution is 2.18. The molecular weight excluding hydrogens is 406 g/mol. The number of ketones is 1. The van der Waals surface area contributed by atoms with Crippen LogP contribution in [0.25, 0.3) is 0 Å². The first kappa shape index (κ1) is 21.4. The van der Waals surface area contributed by atoms with Crippen LogP contribution in [0.4, 0.5) is 0 Å². The number of quaternary nitrogens is 1. The Morgan fingerprint density at radius 3 is 2.44 bits per heavy atom. The van der Waals surface area contributed by atoms with Crippen molar-refractivity contribution in [1.29, 1.82) is 0 Å². The molecule has 0 unspecified atom stereocenters. The Hall–Kier alpha value is -1.64. The highest BCUT2D eigenvalue weighted by Gasteiger charge is 2.32. The number of hydrogen-bond acceptors (Lipinski definition) is 4. The normalized spacial score (nSPS) is 12.3. The number of imidazole rings is 1. The molecule has 0 aliphatic carbocycles. The summed E-state index contributed by atoms with van der Waals surface area (Å²) in [6.07, 6.45) is 2.00. The summed E-state index contributed by atoms with van der Waals surface area (Å²) in [4.78, 5) is 30.8. The Bertz CT molecular complexity index is 713. The van der Waals surface area contributed by atoms with E-state index < -0.39 is 12.0 Å². The van der Waals surface area contributed by atoms with E-state index in [1.807, 2.05) is 39.3 Å². The van der Waals surface area contributed by atoms with Crippen molar-refractivity contribution in [3.63, 3.8) is 0 Å². The minimum Gasteiger partial charge on any atom is -1.00 e. The lowest BCUT2D eigenvalue weighted by atomic mass is 10.1. The third-order valence-electron chi connectivity index (χ3n) is 3.67. The first-order valence-electron chi connectivity index (χ1n) is 7.56. The van der Waals surface area contributed by atoms with Crippen LogP contribution in [0.5, 0.6) is 0 Å². The van der Waals surface area contributed by atoms with E-state index in [-0.39, 0.29) is 28.5 Å². The number of halogens is 1. The number of carbonyl (C=O) groups excluding carboxylic acids is 1. The molecule has 25 heavy (non-hydrogen) atoms. The molecule has 1 heterocycles. The van der Waals surface area contributed by atoms with E-state index in [2.05, 4.69) is 9.97 Å². The molecule has 1 aromatic carbocycles. The van der Waals surface area contributed by atoms with E-state index >= 15 is 0 Å². The number of H-pyrrole nitrogens is 1. The minimum atomic E-state index is -0.842. The van der Waals surface area contributed by atoms with E-state index in [1.165, 1.54) is 11.8 Å². The zero-order valence-electron chi connectivity index (χ0n) is 14.4. The summed E-state index contributed by atoms with van der Waals surface area (Å²) in [5.74, 6) is -0.520. The number of aromatic nitrogens is 2. The smallest absolute Gasteiger partial charge is 0.362 e. The zero-order chi connectivity index (χ0) is 17.7. The van der Waals surface area contributed by atoms with Crippen LogP contribution in [0.15, 0.2) is 41.7 Å². The summed E-state index contributed by atoms with van der Waals surface area (Å²) < 4.78 is 0.323. The number of carboxylic acid groups (broad SMARTS) is 1. The van der Waals surface area contributed by atoms with Gasteiger partial charge in [0.05, 0.1) is 33.3 Å². The lowest BCUT2D eigenvalue weighted by Gasteiger charge is -2.30. The molecule has 1 aromatic heterocycles. The van der Waals surface area contributed by atoms with E-state index in [9.17, 15) is 14.7 Å². The van der Waals surface area contributed by atoms with Crippen LogP contribution in [0.1, 0.15) is 16.1 Å². The van der Waals surface area contributed by atoms with Gasteiger partial charge in [-0.25, -0.2) is 9.78 Å². The van der Waals surface area contributed by atoms with Gasteiger partial charge in [0.1, 0.15) is 0 Å². The highest BCUT2D eigenvalue weighted by atomic mass is 79.9. The molecule has 0 aliphatic heterocycles. The van der Waals surface area contributed by atoms with E-state index in [4.69, 9.17) is 0 Å². The molecule has 2 N–H and O–H groups in total. The third-order valence-corrected chi connectivity index (χ3v) is 4.56. The van der Waals surface area contributed by atoms with Crippen LogP contribution in [-0.4, -0.2) is 64.2 Å². The lowest BCUT2D eigenvalue weighted by Crippen LogP contribution is -3.00. The summed E-state index contributed by atoms with van der Waals surface area (Å²) in [5.41, 5.74) is 1.43. The predicted octanol–water partition coefficient (Wildman–Crippen LogP) is -0.909. The number of thioether (sulfide) groups is 1. The fraction of sp³-hybridized carbons (Fsp3) is 0.353. The van der Waals surface area contributed by atoms with Gasteiger partial charge in [0.2, 0.25) is 0 Å². The average Bonchev–Trinajstić information content (AvgIpc) is 2.97. The van der Waals surface area contributed by atoms with Crippen molar-refractivity contribution in [2.45, 2.75) is 17.6 Å². The highest BCUT2D eigenvalue weighted by molar-refractivity contribution is 7.99. The van der Waals surface area contributed by atoms with Crippen LogP contribution >= 0.6 is 11.8 Å². The number of Topliss-reactive ketones (excluding diaryl/α,β-unsaturated/α-hetero) is 1. The van der Waals surface area contributed by atoms with Crippen LogP contribution < -0.4 is 17.0 Å². The molecule has 136 valence electrons.